The van der Waals surface area contributed by atoms with Gasteiger partial charge in [0.1, 0.15) is 0 Å². The van der Waals surface area contributed by atoms with Crippen LogP contribution in [0.5, 0.6) is 0 Å². The molecule has 0 N–H and O–H groups in total. The molecule has 6 aromatic carbocycles. The molecule has 2 aliphatic carbocycles. The molecule has 0 amide bonds. The predicted octanol–water partition coefficient (Wildman–Crippen LogP) is 13.5. The van der Waals surface area contributed by atoms with Crippen molar-refractivity contribution in [2.75, 3.05) is 0 Å². The highest BCUT2D eigenvalue weighted by molar-refractivity contribution is 6.13. The maximum atomic E-state index is 9.49. The van der Waals surface area contributed by atoms with Crippen molar-refractivity contribution in [3.8, 4) is 28.6 Å². The molecule has 0 atom stereocenters. The van der Waals surface area contributed by atoms with Crippen molar-refractivity contribution >= 4 is 43.6 Å². The minimum Gasteiger partial charge on any atom is -0.309 e. The molecule has 2 aromatic heterocycles. The SMILES string of the molecule is N#Cc1ccc(-n2c3ccc(-c4ccc5c(c4)c4cc(C6CCCCC6)ccc4n5-c4ccccc4)cc3c3cc(C4CCCCC4)ccc32)cc1. The largest absolute Gasteiger partial charge is 0.309 e. The highest BCUT2D eigenvalue weighted by atomic mass is 15.0. The highest BCUT2D eigenvalue weighted by Crippen LogP contribution is 2.42. The van der Waals surface area contributed by atoms with Crippen molar-refractivity contribution in [1.82, 2.24) is 9.13 Å². The molecule has 0 aliphatic heterocycles. The predicted molar refractivity (Wildman–Crippen MR) is 217 cm³/mol. The van der Waals surface area contributed by atoms with Crippen LogP contribution in [0.3, 0.4) is 0 Å². The summed E-state index contributed by atoms with van der Waals surface area (Å²) in [5.74, 6) is 1.29. The molecule has 0 saturated heterocycles. The van der Waals surface area contributed by atoms with Crippen molar-refractivity contribution in [3.05, 3.63) is 144 Å². The summed E-state index contributed by atoms with van der Waals surface area (Å²) in [6.45, 7) is 0. The van der Waals surface area contributed by atoms with E-state index in [1.165, 1.54) is 136 Å². The average molecular weight is 674 g/mol. The number of aromatic nitrogens is 2. The summed E-state index contributed by atoms with van der Waals surface area (Å²) in [5.41, 5.74) is 13.4. The summed E-state index contributed by atoms with van der Waals surface area (Å²) >= 11 is 0. The standard InChI is InChI=1S/C49H43N3/c50-32-33-16-22-41(23-17-33)52-48-25-19-37(35-12-6-2-7-13-35)29-43(48)45-31-39(21-27-49(45)52)38-20-26-47-44(30-38)42-28-36(34-10-4-1-5-11-34)18-24-46(42)51(47)40-14-8-3-9-15-40/h3,8-9,14-31,34-35H,1-2,4-7,10-13H2. The Morgan fingerprint density at radius 3 is 1.31 bits per heavy atom. The number of fused-ring (bicyclic) bond motifs is 6. The minimum absolute atomic E-state index is 0.637. The lowest BCUT2D eigenvalue weighted by molar-refractivity contribution is 0.444. The Kier molecular flexibility index (Phi) is 7.72. The maximum absolute atomic E-state index is 9.49. The first-order valence-corrected chi connectivity index (χ1v) is 19.5. The van der Waals surface area contributed by atoms with E-state index in [2.05, 4.69) is 130 Å². The zero-order chi connectivity index (χ0) is 34.6. The highest BCUT2D eigenvalue weighted by Gasteiger charge is 2.21. The molecular weight excluding hydrogens is 631 g/mol. The molecule has 52 heavy (non-hydrogen) atoms. The molecule has 0 bridgehead atoms. The molecule has 2 fully saturated rings. The second kappa shape index (κ2) is 12.9. The molecule has 3 nitrogen and oxygen atoms in total. The molecule has 2 aliphatic rings. The van der Waals surface area contributed by atoms with Gasteiger partial charge in [0.05, 0.1) is 33.7 Å². The molecule has 10 rings (SSSR count). The molecule has 0 unspecified atom stereocenters. The fourth-order valence-electron chi connectivity index (χ4n) is 9.64. The van der Waals surface area contributed by atoms with Gasteiger partial charge in [-0.15, -0.1) is 0 Å². The Balaban J connectivity index is 1.16. The molecule has 0 spiro atoms. The van der Waals surface area contributed by atoms with E-state index in [1.807, 2.05) is 12.1 Å². The monoisotopic (exact) mass is 673 g/mol. The summed E-state index contributed by atoms with van der Waals surface area (Å²) < 4.78 is 4.82. The second-order valence-electron chi connectivity index (χ2n) is 15.4. The van der Waals surface area contributed by atoms with Gasteiger partial charge in [0.2, 0.25) is 0 Å². The minimum atomic E-state index is 0.637. The van der Waals surface area contributed by atoms with E-state index < -0.39 is 0 Å². The smallest absolute Gasteiger partial charge is 0.0991 e. The van der Waals surface area contributed by atoms with Gasteiger partial charge in [-0.1, -0.05) is 81.0 Å². The Labute approximate surface area is 305 Å². The fraction of sp³-hybridized carbons (Fsp3) is 0.245. The van der Waals surface area contributed by atoms with Crippen LogP contribution in [0.15, 0.2) is 127 Å². The number of hydrogen-bond donors (Lipinski definition) is 0. The van der Waals surface area contributed by atoms with Crippen molar-refractivity contribution in [2.45, 2.75) is 76.0 Å². The molecule has 2 saturated carbocycles. The number of hydrogen-bond acceptors (Lipinski definition) is 1. The molecule has 254 valence electrons. The van der Waals surface area contributed by atoms with Crippen LogP contribution >= 0.6 is 0 Å². The van der Waals surface area contributed by atoms with Crippen molar-refractivity contribution in [1.29, 1.82) is 5.26 Å². The van der Waals surface area contributed by atoms with Gasteiger partial charge in [0.15, 0.2) is 0 Å². The summed E-state index contributed by atoms with van der Waals surface area (Å²) in [5, 5.41) is 14.7. The van der Waals surface area contributed by atoms with Crippen molar-refractivity contribution < 1.29 is 0 Å². The second-order valence-corrected chi connectivity index (χ2v) is 15.4. The van der Waals surface area contributed by atoms with Crippen LogP contribution < -0.4 is 0 Å². The van der Waals surface area contributed by atoms with E-state index >= 15 is 0 Å². The van der Waals surface area contributed by atoms with Gasteiger partial charge in [-0.3, -0.25) is 0 Å². The Hall–Kier alpha value is -5.59. The van der Waals surface area contributed by atoms with Crippen molar-refractivity contribution in [3.63, 3.8) is 0 Å². The topological polar surface area (TPSA) is 33.6 Å². The summed E-state index contributed by atoms with van der Waals surface area (Å²) in [6, 6.07) is 49.7. The van der Waals surface area contributed by atoms with E-state index in [4.69, 9.17) is 0 Å². The fourth-order valence-corrected chi connectivity index (χ4v) is 9.64. The lowest BCUT2D eigenvalue weighted by atomic mass is 9.83. The van der Waals surface area contributed by atoms with E-state index in [0.717, 1.165) is 5.69 Å². The van der Waals surface area contributed by atoms with Gasteiger partial charge < -0.3 is 9.13 Å². The van der Waals surface area contributed by atoms with Crippen LogP contribution in [-0.4, -0.2) is 9.13 Å². The number of nitriles is 1. The van der Waals surface area contributed by atoms with Gasteiger partial charge in [0, 0.05) is 32.9 Å². The zero-order valence-corrected chi connectivity index (χ0v) is 29.7. The van der Waals surface area contributed by atoms with E-state index in [0.29, 0.717) is 17.4 Å². The Morgan fingerprint density at radius 2 is 0.846 bits per heavy atom. The number of benzene rings is 6. The van der Waals surface area contributed by atoms with Crippen LogP contribution in [0.1, 0.15) is 92.7 Å². The van der Waals surface area contributed by atoms with E-state index in [1.54, 1.807) is 0 Å². The molecule has 8 aromatic rings. The van der Waals surface area contributed by atoms with Gasteiger partial charge >= 0.3 is 0 Å². The first kappa shape index (κ1) is 31.2. The normalized spacial score (nSPS) is 15.9. The quantitative estimate of drug-likeness (QED) is 0.179. The average Bonchev–Trinajstić information content (AvgIpc) is 3.73. The third-order valence-electron chi connectivity index (χ3n) is 12.3. The Morgan fingerprint density at radius 1 is 0.423 bits per heavy atom. The van der Waals surface area contributed by atoms with Gasteiger partial charge in [-0.05, 0) is 145 Å². The zero-order valence-electron chi connectivity index (χ0n) is 29.7. The number of para-hydroxylation sites is 1. The molecular formula is C49H43N3. The Bertz CT molecular complexity index is 2640. The van der Waals surface area contributed by atoms with Gasteiger partial charge in [0.25, 0.3) is 0 Å². The maximum Gasteiger partial charge on any atom is 0.0991 e. The third kappa shape index (κ3) is 5.24. The van der Waals surface area contributed by atoms with Crippen LogP contribution in [0.25, 0.3) is 66.1 Å². The van der Waals surface area contributed by atoms with Crippen LogP contribution in [0.2, 0.25) is 0 Å². The molecule has 0 radical (unpaired) electrons. The first-order valence-electron chi connectivity index (χ1n) is 19.5. The summed E-state index contributed by atoms with van der Waals surface area (Å²) in [6.07, 6.45) is 13.2. The molecule has 2 heterocycles. The van der Waals surface area contributed by atoms with Crippen LogP contribution in [0, 0.1) is 11.3 Å². The summed E-state index contributed by atoms with van der Waals surface area (Å²) in [7, 11) is 0. The third-order valence-corrected chi connectivity index (χ3v) is 12.3. The number of nitrogens with zero attached hydrogens (tertiary/aromatic N) is 3. The number of rotatable bonds is 5. The van der Waals surface area contributed by atoms with Gasteiger partial charge in [-0.2, -0.15) is 5.26 Å². The van der Waals surface area contributed by atoms with Gasteiger partial charge in [-0.25, -0.2) is 0 Å². The van der Waals surface area contributed by atoms with E-state index in [-0.39, 0.29) is 0 Å². The lowest BCUT2D eigenvalue weighted by Crippen LogP contribution is -2.04. The van der Waals surface area contributed by atoms with Crippen molar-refractivity contribution in [2.24, 2.45) is 0 Å². The summed E-state index contributed by atoms with van der Waals surface area (Å²) in [4.78, 5) is 0. The lowest BCUT2D eigenvalue weighted by Gasteiger charge is -2.22. The van der Waals surface area contributed by atoms with Crippen LogP contribution in [0.4, 0.5) is 0 Å². The first-order chi connectivity index (χ1) is 25.7. The van der Waals surface area contributed by atoms with E-state index in [9.17, 15) is 5.26 Å². The van der Waals surface area contributed by atoms with Crippen LogP contribution in [-0.2, 0) is 0 Å². The molecule has 3 heteroatoms.